The first-order chi connectivity index (χ1) is 7.25. The Morgan fingerprint density at radius 1 is 1.20 bits per heavy atom. The first kappa shape index (κ1) is 10.9. The van der Waals surface area contributed by atoms with Crippen LogP contribution in [-0.4, -0.2) is 29.9 Å². The van der Waals surface area contributed by atoms with E-state index in [9.17, 15) is 4.79 Å². The van der Waals surface area contributed by atoms with Crippen molar-refractivity contribution in [2.24, 2.45) is 11.7 Å². The summed E-state index contributed by atoms with van der Waals surface area (Å²) in [6.45, 7) is 1.66. The van der Waals surface area contributed by atoms with E-state index >= 15 is 0 Å². The van der Waals surface area contributed by atoms with E-state index in [0.29, 0.717) is 11.8 Å². The molecule has 0 bridgehead atoms. The van der Waals surface area contributed by atoms with Gasteiger partial charge in [0, 0.05) is 25.6 Å². The van der Waals surface area contributed by atoms with Gasteiger partial charge in [0.2, 0.25) is 5.91 Å². The van der Waals surface area contributed by atoms with Gasteiger partial charge in [0.15, 0.2) is 0 Å². The van der Waals surface area contributed by atoms with Crippen molar-refractivity contribution in [3.05, 3.63) is 0 Å². The number of nitrogens with zero attached hydrogens (tertiary/aromatic N) is 1. The maximum Gasteiger partial charge on any atom is 0.222 e. The monoisotopic (exact) mass is 210 g/mol. The van der Waals surface area contributed by atoms with Crippen LogP contribution >= 0.6 is 0 Å². The molecule has 2 rings (SSSR count). The van der Waals surface area contributed by atoms with Crippen molar-refractivity contribution in [2.45, 2.75) is 51.0 Å². The number of amides is 1. The Morgan fingerprint density at radius 3 is 2.53 bits per heavy atom. The summed E-state index contributed by atoms with van der Waals surface area (Å²) in [5.41, 5.74) is 5.80. The molecule has 2 aliphatic rings. The lowest BCUT2D eigenvalue weighted by molar-refractivity contribution is -0.131. The van der Waals surface area contributed by atoms with Gasteiger partial charge in [0.1, 0.15) is 0 Å². The van der Waals surface area contributed by atoms with Crippen LogP contribution in [0.25, 0.3) is 0 Å². The van der Waals surface area contributed by atoms with Crippen molar-refractivity contribution < 1.29 is 4.79 Å². The summed E-state index contributed by atoms with van der Waals surface area (Å²) < 4.78 is 0. The Hall–Kier alpha value is -0.570. The van der Waals surface area contributed by atoms with Crippen molar-refractivity contribution >= 4 is 5.91 Å². The van der Waals surface area contributed by atoms with Gasteiger partial charge in [-0.15, -0.1) is 0 Å². The summed E-state index contributed by atoms with van der Waals surface area (Å²) >= 11 is 0. The number of nitrogens with two attached hydrogens (primary N) is 1. The third-order valence-corrected chi connectivity index (χ3v) is 3.77. The number of carbonyl (C=O) groups is 1. The summed E-state index contributed by atoms with van der Waals surface area (Å²) in [7, 11) is 0. The molecule has 86 valence electrons. The van der Waals surface area contributed by atoms with Crippen LogP contribution in [0, 0.1) is 5.92 Å². The largest absolute Gasteiger partial charge is 0.341 e. The average molecular weight is 210 g/mol. The number of hydrogen-bond acceptors (Lipinski definition) is 2. The molecule has 15 heavy (non-hydrogen) atoms. The molecule has 2 N–H and O–H groups in total. The third-order valence-electron chi connectivity index (χ3n) is 3.77. The molecule has 2 fully saturated rings. The van der Waals surface area contributed by atoms with Crippen LogP contribution < -0.4 is 5.73 Å². The lowest BCUT2D eigenvalue weighted by Crippen LogP contribution is -2.33. The van der Waals surface area contributed by atoms with E-state index in [2.05, 4.69) is 0 Å². The molecule has 1 aliphatic carbocycles. The van der Waals surface area contributed by atoms with Gasteiger partial charge in [-0.05, 0) is 25.2 Å². The van der Waals surface area contributed by atoms with Crippen LogP contribution in [0.1, 0.15) is 44.9 Å². The summed E-state index contributed by atoms with van der Waals surface area (Å²) in [6, 6.07) is 0.223. The Morgan fingerprint density at radius 2 is 1.93 bits per heavy atom. The maximum atomic E-state index is 11.9. The highest BCUT2D eigenvalue weighted by Crippen LogP contribution is 2.27. The molecule has 0 aromatic rings. The zero-order valence-electron chi connectivity index (χ0n) is 9.45. The highest BCUT2D eigenvalue weighted by Gasteiger charge is 2.26. The lowest BCUT2D eigenvalue weighted by Gasteiger charge is -2.24. The Bertz CT molecular complexity index is 224. The van der Waals surface area contributed by atoms with Gasteiger partial charge in [0.25, 0.3) is 0 Å². The van der Waals surface area contributed by atoms with E-state index in [1.54, 1.807) is 0 Å². The first-order valence-electron chi connectivity index (χ1n) is 6.29. The minimum atomic E-state index is 0.223. The van der Waals surface area contributed by atoms with Gasteiger partial charge in [-0.25, -0.2) is 0 Å². The van der Waals surface area contributed by atoms with E-state index < -0.39 is 0 Å². The van der Waals surface area contributed by atoms with Crippen LogP contribution in [-0.2, 0) is 4.79 Å². The fourth-order valence-corrected chi connectivity index (χ4v) is 2.78. The number of rotatable bonds is 2. The lowest BCUT2D eigenvalue weighted by atomic mass is 9.87. The highest BCUT2D eigenvalue weighted by atomic mass is 16.2. The molecule has 1 aliphatic heterocycles. The van der Waals surface area contributed by atoms with Crippen molar-refractivity contribution in [3.63, 3.8) is 0 Å². The van der Waals surface area contributed by atoms with Crippen molar-refractivity contribution in [2.75, 3.05) is 13.1 Å². The van der Waals surface area contributed by atoms with Crippen molar-refractivity contribution in [1.82, 2.24) is 4.90 Å². The molecule has 0 spiro atoms. The Labute approximate surface area is 92.0 Å². The summed E-state index contributed by atoms with van der Waals surface area (Å²) in [5.74, 6) is 0.998. The van der Waals surface area contributed by atoms with Gasteiger partial charge in [-0.3, -0.25) is 4.79 Å². The van der Waals surface area contributed by atoms with E-state index in [1.807, 2.05) is 4.90 Å². The topological polar surface area (TPSA) is 46.3 Å². The minimum absolute atomic E-state index is 0.223. The standard InChI is InChI=1S/C12H22N2O/c13-11-6-7-14(9-11)12(15)8-10-4-2-1-3-5-10/h10-11H,1-9,13H2/t11-/m1/s1. The molecule has 0 radical (unpaired) electrons. The number of carbonyl (C=O) groups excluding carboxylic acids is 1. The molecule has 3 nitrogen and oxygen atoms in total. The molecule has 1 saturated heterocycles. The molecule has 3 heteroatoms. The molecule has 1 amide bonds. The van der Waals surface area contributed by atoms with Crippen LogP contribution in [0.2, 0.25) is 0 Å². The van der Waals surface area contributed by atoms with E-state index in [0.717, 1.165) is 25.9 Å². The van der Waals surface area contributed by atoms with E-state index in [-0.39, 0.29) is 6.04 Å². The fourth-order valence-electron chi connectivity index (χ4n) is 2.78. The molecule has 0 aromatic carbocycles. The SMILES string of the molecule is N[C@@H]1CCN(C(=O)CC2CCCCC2)C1. The maximum absolute atomic E-state index is 11.9. The zero-order chi connectivity index (χ0) is 10.7. The predicted molar refractivity (Wildman–Crippen MR) is 60.4 cm³/mol. The molecule has 1 atom stereocenters. The van der Waals surface area contributed by atoms with Gasteiger partial charge >= 0.3 is 0 Å². The van der Waals surface area contributed by atoms with Gasteiger partial charge in [-0.2, -0.15) is 0 Å². The number of hydrogen-bond donors (Lipinski definition) is 1. The first-order valence-corrected chi connectivity index (χ1v) is 6.29. The van der Waals surface area contributed by atoms with Crippen LogP contribution in [0.5, 0.6) is 0 Å². The summed E-state index contributed by atoms with van der Waals surface area (Å²) in [6.07, 6.45) is 8.26. The molecule has 0 aromatic heterocycles. The Kier molecular flexibility index (Phi) is 3.62. The van der Waals surface area contributed by atoms with Gasteiger partial charge in [0.05, 0.1) is 0 Å². The second-order valence-electron chi connectivity index (χ2n) is 5.10. The molecule has 1 saturated carbocycles. The molecular weight excluding hydrogens is 188 g/mol. The van der Waals surface area contributed by atoms with Gasteiger partial charge in [-0.1, -0.05) is 19.3 Å². The summed E-state index contributed by atoms with van der Waals surface area (Å²) in [4.78, 5) is 13.9. The highest BCUT2D eigenvalue weighted by molar-refractivity contribution is 5.76. The summed E-state index contributed by atoms with van der Waals surface area (Å²) in [5, 5.41) is 0. The van der Waals surface area contributed by atoms with E-state index in [1.165, 1.54) is 32.1 Å². The zero-order valence-corrected chi connectivity index (χ0v) is 9.45. The van der Waals surface area contributed by atoms with Crippen molar-refractivity contribution in [1.29, 1.82) is 0 Å². The van der Waals surface area contributed by atoms with E-state index in [4.69, 9.17) is 5.73 Å². The second-order valence-corrected chi connectivity index (χ2v) is 5.10. The fraction of sp³-hybridized carbons (Fsp3) is 0.917. The van der Waals surface area contributed by atoms with Crippen molar-refractivity contribution in [3.8, 4) is 0 Å². The van der Waals surface area contributed by atoms with Crippen LogP contribution in [0.3, 0.4) is 0 Å². The Balaban J connectivity index is 1.76. The number of likely N-dealkylation sites (tertiary alicyclic amines) is 1. The smallest absolute Gasteiger partial charge is 0.222 e. The predicted octanol–water partition coefficient (Wildman–Crippen LogP) is 1.52. The van der Waals surface area contributed by atoms with Crippen LogP contribution in [0.15, 0.2) is 0 Å². The second kappa shape index (κ2) is 4.97. The van der Waals surface area contributed by atoms with Gasteiger partial charge < -0.3 is 10.6 Å². The third kappa shape index (κ3) is 2.94. The minimum Gasteiger partial charge on any atom is -0.341 e. The average Bonchev–Trinajstić information content (AvgIpc) is 2.66. The quantitative estimate of drug-likeness (QED) is 0.751. The molecular formula is C12H22N2O. The molecule has 0 unspecified atom stereocenters. The molecule has 1 heterocycles. The normalized spacial score (nSPS) is 28.3. The van der Waals surface area contributed by atoms with Crippen LogP contribution in [0.4, 0.5) is 0 Å².